The predicted octanol–water partition coefficient (Wildman–Crippen LogP) is 4.96. The van der Waals surface area contributed by atoms with Crippen LogP contribution in [0, 0.1) is 0 Å². The summed E-state index contributed by atoms with van der Waals surface area (Å²) in [5, 5.41) is 12.5. The van der Waals surface area contributed by atoms with Crippen molar-refractivity contribution < 1.29 is 14.7 Å². The quantitative estimate of drug-likeness (QED) is 0.377. The van der Waals surface area contributed by atoms with E-state index >= 15 is 0 Å². The van der Waals surface area contributed by atoms with E-state index in [1.165, 1.54) is 0 Å². The van der Waals surface area contributed by atoms with Gasteiger partial charge in [0.2, 0.25) is 0 Å². The number of amides is 1. The number of aromatic nitrogens is 3. The van der Waals surface area contributed by atoms with Crippen molar-refractivity contribution in [2.75, 3.05) is 5.32 Å². The van der Waals surface area contributed by atoms with E-state index in [2.05, 4.69) is 15.3 Å². The number of benzene rings is 2. The summed E-state index contributed by atoms with van der Waals surface area (Å²) in [5.41, 5.74) is 3.38. The number of para-hydroxylation sites is 1. The highest BCUT2D eigenvalue weighted by molar-refractivity contribution is 6.31. The number of hydrogen-bond donors (Lipinski definition) is 3. The third kappa shape index (κ3) is 3.96. The van der Waals surface area contributed by atoms with E-state index in [9.17, 15) is 14.7 Å². The Balaban J connectivity index is 1.42. The largest absolute Gasteiger partial charge is 0.481 e. The van der Waals surface area contributed by atoms with Crippen LogP contribution in [0.25, 0.3) is 11.0 Å². The zero-order chi connectivity index (χ0) is 23.0. The van der Waals surface area contributed by atoms with Crippen molar-refractivity contribution in [1.82, 2.24) is 15.0 Å². The number of hydrogen-bond acceptors (Lipinski definition) is 4. The molecule has 0 radical (unpaired) electrons. The van der Waals surface area contributed by atoms with Crippen LogP contribution in [0.2, 0.25) is 5.02 Å². The number of imidazole rings is 1. The molecule has 33 heavy (non-hydrogen) atoms. The highest BCUT2D eigenvalue weighted by atomic mass is 35.5. The van der Waals surface area contributed by atoms with E-state index in [0.717, 1.165) is 36.2 Å². The maximum absolute atomic E-state index is 12.5. The Kier molecular flexibility index (Phi) is 5.34. The normalized spacial score (nSPS) is 14.6. The van der Waals surface area contributed by atoms with Gasteiger partial charge < -0.3 is 15.4 Å². The zero-order valence-corrected chi connectivity index (χ0v) is 18.4. The highest BCUT2D eigenvalue weighted by Gasteiger charge is 2.43. The van der Waals surface area contributed by atoms with Crippen molar-refractivity contribution in [2.24, 2.45) is 0 Å². The first kappa shape index (κ1) is 21.2. The molecule has 1 fully saturated rings. The fourth-order valence-electron chi connectivity index (χ4n) is 4.39. The molecule has 1 saturated carbocycles. The third-order valence-electron chi connectivity index (χ3n) is 6.24. The SMILES string of the molecule is O=C(O)Cc1cccc2[nH]c(C3(c4ccc(NC(=O)c5cccc(Cl)c5)nc4)CCC3)nc12. The molecule has 5 rings (SSSR count). The van der Waals surface area contributed by atoms with E-state index in [1.54, 1.807) is 42.6 Å². The number of anilines is 1. The molecule has 1 amide bonds. The smallest absolute Gasteiger partial charge is 0.307 e. The summed E-state index contributed by atoms with van der Waals surface area (Å²) in [5.74, 6) is 0.107. The van der Waals surface area contributed by atoms with E-state index in [0.29, 0.717) is 27.5 Å². The summed E-state index contributed by atoms with van der Waals surface area (Å²) in [6.45, 7) is 0. The lowest BCUT2D eigenvalue weighted by atomic mass is 9.64. The second-order valence-electron chi connectivity index (χ2n) is 8.30. The Morgan fingerprint density at radius 1 is 1.12 bits per heavy atom. The second-order valence-corrected chi connectivity index (χ2v) is 8.74. The van der Waals surface area contributed by atoms with Crippen LogP contribution >= 0.6 is 11.6 Å². The van der Waals surface area contributed by atoms with E-state index in [4.69, 9.17) is 16.6 Å². The summed E-state index contributed by atoms with van der Waals surface area (Å²) in [6, 6.07) is 16.0. The summed E-state index contributed by atoms with van der Waals surface area (Å²) < 4.78 is 0. The number of carboxylic acid groups (broad SMARTS) is 1. The van der Waals surface area contributed by atoms with Crippen LogP contribution in [0.15, 0.2) is 60.8 Å². The molecule has 2 heterocycles. The predicted molar refractivity (Wildman–Crippen MR) is 126 cm³/mol. The van der Waals surface area contributed by atoms with Gasteiger partial charge in [-0.1, -0.05) is 42.3 Å². The van der Waals surface area contributed by atoms with Gasteiger partial charge in [-0.3, -0.25) is 9.59 Å². The molecule has 1 aliphatic carbocycles. The molecule has 1 aliphatic rings. The van der Waals surface area contributed by atoms with Gasteiger partial charge in [-0.2, -0.15) is 0 Å². The van der Waals surface area contributed by atoms with Crippen LogP contribution < -0.4 is 5.32 Å². The molecule has 3 N–H and O–H groups in total. The lowest BCUT2D eigenvalue weighted by molar-refractivity contribution is -0.136. The lowest BCUT2D eigenvalue weighted by Crippen LogP contribution is -2.36. The van der Waals surface area contributed by atoms with Crippen LogP contribution in [0.4, 0.5) is 5.82 Å². The minimum absolute atomic E-state index is 0.0722. The topological polar surface area (TPSA) is 108 Å². The number of aromatic amines is 1. The van der Waals surface area contributed by atoms with Gasteiger partial charge in [0, 0.05) is 16.8 Å². The van der Waals surface area contributed by atoms with Crippen molar-refractivity contribution in [3.8, 4) is 0 Å². The van der Waals surface area contributed by atoms with E-state index in [-0.39, 0.29) is 17.7 Å². The number of rotatable bonds is 6. The third-order valence-corrected chi connectivity index (χ3v) is 6.48. The molecule has 2 aromatic heterocycles. The van der Waals surface area contributed by atoms with Gasteiger partial charge in [0.25, 0.3) is 5.91 Å². The van der Waals surface area contributed by atoms with Gasteiger partial charge in [-0.05, 0) is 54.3 Å². The number of H-pyrrole nitrogens is 1. The number of pyridine rings is 1. The monoisotopic (exact) mass is 460 g/mol. The first-order valence-corrected chi connectivity index (χ1v) is 11.1. The summed E-state index contributed by atoms with van der Waals surface area (Å²) in [4.78, 5) is 36.4. The molecule has 2 aromatic carbocycles. The molecule has 0 spiro atoms. The molecule has 8 heteroatoms. The molecule has 7 nitrogen and oxygen atoms in total. The van der Waals surface area contributed by atoms with Crippen molar-refractivity contribution >= 4 is 40.3 Å². The molecule has 0 bridgehead atoms. The molecule has 166 valence electrons. The Bertz CT molecular complexity index is 1360. The van der Waals surface area contributed by atoms with Crippen LogP contribution in [-0.2, 0) is 16.6 Å². The van der Waals surface area contributed by atoms with Crippen LogP contribution in [0.3, 0.4) is 0 Å². The number of nitrogens with zero attached hydrogens (tertiary/aromatic N) is 2. The Hall–Kier alpha value is -3.71. The van der Waals surface area contributed by atoms with Crippen molar-refractivity contribution in [2.45, 2.75) is 31.1 Å². The van der Waals surface area contributed by atoms with Gasteiger partial charge in [-0.25, -0.2) is 9.97 Å². The second kappa shape index (κ2) is 8.33. The Morgan fingerprint density at radius 2 is 1.94 bits per heavy atom. The highest BCUT2D eigenvalue weighted by Crippen LogP contribution is 2.48. The summed E-state index contributed by atoms with van der Waals surface area (Å²) >= 11 is 5.97. The number of carboxylic acids is 1. The maximum Gasteiger partial charge on any atom is 0.307 e. The number of halogens is 1. The number of aliphatic carboxylic acids is 1. The maximum atomic E-state index is 12.5. The molecular formula is C25H21ClN4O3. The minimum Gasteiger partial charge on any atom is -0.481 e. The van der Waals surface area contributed by atoms with Crippen LogP contribution in [0.5, 0.6) is 0 Å². The van der Waals surface area contributed by atoms with Crippen molar-refractivity contribution in [3.05, 3.63) is 88.3 Å². The fourth-order valence-corrected chi connectivity index (χ4v) is 4.58. The average Bonchev–Trinajstić information content (AvgIpc) is 3.19. The van der Waals surface area contributed by atoms with Crippen LogP contribution in [-0.4, -0.2) is 31.9 Å². The van der Waals surface area contributed by atoms with Crippen molar-refractivity contribution in [1.29, 1.82) is 0 Å². The standard InChI is InChI=1S/C25H21ClN4O3/c26-18-6-1-5-16(12-18)23(33)29-20-9-8-17(14-27-20)25(10-3-11-25)24-28-19-7-2-4-15(13-21(31)32)22(19)30-24/h1-2,4-9,12,14H,3,10-11,13H2,(H,28,30)(H,31,32)(H,27,29,33). The first-order valence-electron chi connectivity index (χ1n) is 10.7. The van der Waals surface area contributed by atoms with E-state index in [1.807, 2.05) is 18.2 Å². The minimum atomic E-state index is -0.884. The van der Waals surface area contributed by atoms with Crippen molar-refractivity contribution in [3.63, 3.8) is 0 Å². The molecule has 0 saturated heterocycles. The van der Waals surface area contributed by atoms with Gasteiger partial charge in [0.1, 0.15) is 11.6 Å². The fraction of sp³-hybridized carbons (Fsp3) is 0.200. The molecule has 0 atom stereocenters. The van der Waals surface area contributed by atoms with Gasteiger partial charge in [-0.15, -0.1) is 0 Å². The summed E-state index contributed by atoms with van der Waals surface area (Å²) in [7, 11) is 0. The zero-order valence-electron chi connectivity index (χ0n) is 17.6. The Labute approximate surface area is 194 Å². The molecule has 4 aromatic rings. The van der Waals surface area contributed by atoms with Crippen LogP contribution in [0.1, 0.15) is 46.6 Å². The molecule has 0 unspecified atom stereocenters. The van der Waals surface area contributed by atoms with Gasteiger partial charge in [0.05, 0.1) is 22.9 Å². The van der Waals surface area contributed by atoms with Gasteiger partial charge >= 0.3 is 5.97 Å². The summed E-state index contributed by atoms with van der Waals surface area (Å²) in [6.07, 6.45) is 4.59. The number of carbonyl (C=O) groups excluding carboxylic acids is 1. The Morgan fingerprint density at radius 3 is 2.61 bits per heavy atom. The lowest BCUT2D eigenvalue weighted by Gasteiger charge is -2.40. The number of fused-ring (bicyclic) bond motifs is 1. The number of carbonyl (C=O) groups is 2. The molecular weight excluding hydrogens is 440 g/mol. The average molecular weight is 461 g/mol. The van der Waals surface area contributed by atoms with E-state index < -0.39 is 5.97 Å². The first-order chi connectivity index (χ1) is 15.9. The van der Waals surface area contributed by atoms with Gasteiger partial charge in [0.15, 0.2) is 0 Å². The molecule has 0 aliphatic heterocycles. The number of nitrogens with one attached hydrogen (secondary N) is 2.